The number of rotatable bonds is 10. The lowest BCUT2D eigenvalue weighted by Gasteiger charge is -2.20. The van der Waals surface area contributed by atoms with Crippen molar-refractivity contribution in [2.75, 3.05) is 47.3 Å². The maximum Gasteiger partial charge on any atom is 0.225 e. The second kappa shape index (κ2) is 14.5. The molecule has 1 fully saturated rings. The first kappa shape index (κ1) is 25.4. The molecule has 1 rings (SSSR count). The van der Waals surface area contributed by atoms with Gasteiger partial charge >= 0.3 is 0 Å². The lowest BCUT2D eigenvalue weighted by Crippen LogP contribution is -2.45. The van der Waals surface area contributed by atoms with E-state index in [9.17, 15) is 4.79 Å². The van der Waals surface area contributed by atoms with Gasteiger partial charge in [-0.3, -0.25) is 9.79 Å². The smallest absolute Gasteiger partial charge is 0.225 e. The molecule has 1 atom stereocenters. The highest BCUT2D eigenvalue weighted by atomic mass is 127. The molecule has 154 valence electrons. The van der Waals surface area contributed by atoms with Crippen molar-refractivity contribution in [1.82, 2.24) is 20.4 Å². The van der Waals surface area contributed by atoms with Gasteiger partial charge in [-0.15, -0.1) is 24.0 Å². The van der Waals surface area contributed by atoms with Crippen LogP contribution in [0.3, 0.4) is 0 Å². The van der Waals surface area contributed by atoms with Crippen molar-refractivity contribution in [2.45, 2.75) is 58.4 Å². The van der Waals surface area contributed by atoms with Crippen molar-refractivity contribution in [2.24, 2.45) is 10.9 Å². The van der Waals surface area contributed by atoms with Gasteiger partial charge < -0.3 is 20.4 Å². The van der Waals surface area contributed by atoms with E-state index in [0.717, 1.165) is 32.0 Å². The average Bonchev–Trinajstić information content (AvgIpc) is 3.03. The third kappa shape index (κ3) is 10.5. The van der Waals surface area contributed by atoms with Crippen molar-refractivity contribution in [3.63, 3.8) is 0 Å². The van der Waals surface area contributed by atoms with Crippen LogP contribution >= 0.6 is 24.0 Å². The number of nitrogens with zero attached hydrogens (tertiary/aromatic N) is 3. The Labute approximate surface area is 177 Å². The van der Waals surface area contributed by atoms with E-state index >= 15 is 0 Å². The number of halogens is 1. The fourth-order valence-corrected chi connectivity index (χ4v) is 3.12. The molecule has 0 aliphatic carbocycles. The van der Waals surface area contributed by atoms with Gasteiger partial charge in [-0.1, -0.05) is 33.1 Å². The quantitative estimate of drug-likeness (QED) is 0.218. The van der Waals surface area contributed by atoms with Gasteiger partial charge in [-0.05, 0) is 39.9 Å². The molecule has 1 heterocycles. The van der Waals surface area contributed by atoms with E-state index in [0.29, 0.717) is 6.04 Å². The van der Waals surface area contributed by atoms with E-state index in [4.69, 9.17) is 0 Å². The largest absolute Gasteiger partial charge is 0.356 e. The minimum atomic E-state index is 0. The summed E-state index contributed by atoms with van der Waals surface area (Å²) >= 11 is 0. The molecule has 0 spiro atoms. The SMILES string of the molecule is CN=C(NCCCCCCCN(C)C)NC1CCN(C(=O)C(C)C)C1.I. The number of carbonyl (C=O) groups is 1. The molecular formula is C19H40IN5O. The zero-order valence-electron chi connectivity index (χ0n) is 17.4. The highest BCUT2D eigenvalue weighted by Gasteiger charge is 2.27. The highest BCUT2D eigenvalue weighted by Crippen LogP contribution is 2.12. The summed E-state index contributed by atoms with van der Waals surface area (Å²) in [7, 11) is 6.07. The lowest BCUT2D eigenvalue weighted by atomic mass is 10.1. The van der Waals surface area contributed by atoms with Gasteiger partial charge in [0.05, 0.1) is 0 Å². The maximum atomic E-state index is 12.1. The summed E-state index contributed by atoms with van der Waals surface area (Å²) in [6.07, 6.45) is 7.33. The van der Waals surface area contributed by atoms with Crippen LogP contribution in [0.25, 0.3) is 0 Å². The molecule has 1 amide bonds. The molecule has 0 aromatic carbocycles. The second-order valence-corrected chi connectivity index (χ2v) is 7.64. The van der Waals surface area contributed by atoms with Crippen LogP contribution in [0.15, 0.2) is 4.99 Å². The van der Waals surface area contributed by atoms with E-state index in [2.05, 4.69) is 34.6 Å². The molecule has 6 nitrogen and oxygen atoms in total. The number of hydrogen-bond donors (Lipinski definition) is 2. The Morgan fingerprint density at radius 3 is 2.46 bits per heavy atom. The molecular weight excluding hydrogens is 441 g/mol. The Morgan fingerprint density at radius 1 is 1.19 bits per heavy atom. The Hall–Kier alpha value is -0.570. The fraction of sp³-hybridized carbons (Fsp3) is 0.895. The van der Waals surface area contributed by atoms with E-state index in [-0.39, 0.29) is 35.8 Å². The summed E-state index contributed by atoms with van der Waals surface area (Å²) < 4.78 is 0. The van der Waals surface area contributed by atoms with E-state index < -0.39 is 0 Å². The van der Waals surface area contributed by atoms with E-state index in [1.165, 1.54) is 38.6 Å². The molecule has 0 aromatic rings. The van der Waals surface area contributed by atoms with Crippen LogP contribution in [0.1, 0.15) is 52.4 Å². The van der Waals surface area contributed by atoms with Crippen LogP contribution in [-0.2, 0) is 4.79 Å². The number of nitrogens with one attached hydrogen (secondary N) is 2. The molecule has 1 unspecified atom stereocenters. The Bertz CT molecular complexity index is 415. The molecule has 1 aliphatic heterocycles. The normalized spacial score (nSPS) is 17.6. The summed E-state index contributed by atoms with van der Waals surface area (Å²) in [5.41, 5.74) is 0. The maximum absolute atomic E-state index is 12.1. The van der Waals surface area contributed by atoms with Crippen LogP contribution in [-0.4, -0.2) is 75.0 Å². The first-order valence-corrected chi connectivity index (χ1v) is 9.84. The number of aliphatic imine (C=N–C) groups is 1. The molecule has 26 heavy (non-hydrogen) atoms. The predicted octanol–water partition coefficient (Wildman–Crippen LogP) is 2.54. The molecule has 1 aliphatic rings. The third-order valence-corrected chi connectivity index (χ3v) is 4.63. The van der Waals surface area contributed by atoms with Gasteiger partial charge in [-0.2, -0.15) is 0 Å². The van der Waals surface area contributed by atoms with Crippen molar-refractivity contribution in [3.8, 4) is 0 Å². The predicted molar refractivity (Wildman–Crippen MR) is 121 cm³/mol. The van der Waals surface area contributed by atoms with Crippen LogP contribution in [0, 0.1) is 5.92 Å². The number of hydrogen-bond acceptors (Lipinski definition) is 3. The monoisotopic (exact) mass is 481 g/mol. The van der Waals surface area contributed by atoms with Crippen LogP contribution in [0.4, 0.5) is 0 Å². The second-order valence-electron chi connectivity index (χ2n) is 7.64. The molecule has 2 N–H and O–H groups in total. The summed E-state index contributed by atoms with van der Waals surface area (Å²) in [5, 5.41) is 6.85. The number of unbranched alkanes of at least 4 members (excludes halogenated alkanes) is 4. The standard InChI is InChI=1S/C19H39N5O.HI/c1-16(2)18(25)24-14-11-17(15-24)22-19(20-3)21-12-9-7-6-8-10-13-23(4)5;/h16-17H,6-15H2,1-5H3,(H2,20,21,22);1H. The van der Waals surface area contributed by atoms with Crippen molar-refractivity contribution >= 4 is 35.8 Å². The van der Waals surface area contributed by atoms with Crippen LogP contribution in [0.2, 0.25) is 0 Å². The van der Waals surface area contributed by atoms with Gasteiger partial charge in [0.1, 0.15) is 0 Å². The van der Waals surface area contributed by atoms with Gasteiger partial charge in [0.15, 0.2) is 5.96 Å². The fourth-order valence-electron chi connectivity index (χ4n) is 3.12. The first-order chi connectivity index (χ1) is 11.9. The van der Waals surface area contributed by atoms with Gasteiger partial charge in [-0.25, -0.2) is 0 Å². The molecule has 0 bridgehead atoms. The summed E-state index contributed by atoms with van der Waals surface area (Å²) in [6.45, 7) is 7.69. The Kier molecular flexibility index (Phi) is 14.2. The lowest BCUT2D eigenvalue weighted by molar-refractivity contribution is -0.133. The van der Waals surface area contributed by atoms with Gasteiger partial charge in [0.2, 0.25) is 5.91 Å². The minimum Gasteiger partial charge on any atom is -0.356 e. The molecule has 0 aromatic heterocycles. The molecule has 1 saturated heterocycles. The number of carbonyl (C=O) groups excluding carboxylic acids is 1. The molecule has 0 saturated carbocycles. The van der Waals surface area contributed by atoms with Crippen molar-refractivity contribution in [3.05, 3.63) is 0 Å². The zero-order valence-corrected chi connectivity index (χ0v) is 19.7. The zero-order chi connectivity index (χ0) is 18.7. The van der Waals surface area contributed by atoms with Crippen LogP contribution < -0.4 is 10.6 Å². The number of guanidine groups is 1. The Balaban J connectivity index is 0.00000625. The van der Waals surface area contributed by atoms with Gasteiger partial charge in [0.25, 0.3) is 0 Å². The minimum absolute atomic E-state index is 0. The topological polar surface area (TPSA) is 60.0 Å². The summed E-state index contributed by atoms with van der Waals surface area (Å²) in [6, 6.07) is 0.305. The Morgan fingerprint density at radius 2 is 1.85 bits per heavy atom. The van der Waals surface area contributed by atoms with E-state index in [1.54, 1.807) is 0 Å². The van der Waals surface area contributed by atoms with Crippen molar-refractivity contribution in [1.29, 1.82) is 0 Å². The van der Waals surface area contributed by atoms with Crippen LogP contribution in [0.5, 0.6) is 0 Å². The highest BCUT2D eigenvalue weighted by molar-refractivity contribution is 14.0. The third-order valence-electron chi connectivity index (χ3n) is 4.63. The number of amides is 1. The molecule has 0 radical (unpaired) electrons. The molecule has 7 heteroatoms. The first-order valence-electron chi connectivity index (χ1n) is 9.84. The van der Waals surface area contributed by atoms with Crippen molar-refractivity contribution < 1.29 is 4.79 Å². The average molecular weight is 481 g/mol. The summed E-state index contributed by atoms with van der Waals surface area (Å²) in [5.74, 6) is 1.19. The van der Waals surface area contributed by atoms with E-state index in [1.807, 2.05) is 25.8 Å². The summed E-state index contributed by atoms with van der Waals surface area (Å²) in [4.78, 5) is 20.6. The van der Waals surface area contributed by atoms with Gasteiger partial charge in [0, 0.05) is 38.6 Å². The number of likely N-dealkylation sites (tertiary alicyclic amines) is 1.